The summed E-state index contributed by atoms with van der Waals surface area (Å²) in [6, 6.07) is 3.35. The van der Waals surface area contributed by atoms with Crippen LogP contribution in [0.5, 0.6) is 0 Å². The molecule has 0 aromatic carbocycles. The number of rotatable bonds is 3. The Hall–Kier alpha value is -1.69. The molecule has 6 heteroatoms. The maximum atomic E-state index is 12.2. The highest BCUT2D eigenvalue weighted by atomic mass is 79.9. The van der Waals surface area contributed by atoms with Gasteiger partial charge in [-0.1, -0.05) is 13.8 Å². The minimum Gasteiger partial charge on any atom is -0.319 e. The predicted molar refractivity (Wildman–Crippen MR) is 77.2 cm³/mol. The van der Waals surface area contributed by atoms with E-state index in [1.807, 2.05) is 27.1 Å². The third-order valence-electron chi connectivity index (χ3n) is 2.64. The molecule has 0 unspecified atom stereocenters. The van der Waals surface area contributed by atoms with Gasteiger partial charge in [0, 0.05) is 25.0 Å². The number of carbonyl (C=O) groups is 1. The van der Waals surface area contributed by atoms with Crippen molar-refractivity contribution in [3.63, 3.8) is 0 Å². The molecule has 1 N–H and O–H groups in total. The molecule has 2 aromatic rings. The van der Waals surface area contributed by atoms with Crippen LogP contribution < -0.4 is 5.32 Å². The Morgan fingerprint density at radius 3 is 2.84 bits per heavy atom. The molecule has 0 radical (unpaired) electrons. The van der Waals surface area contributed by atoms with Crippen molar-refractivity contribution in [1.29, 1.82) is 0 Å². The highest BCUT2D eigenvalue weighted by Gasteiger charge is 2.15. The van der Waals surface area contributed by atoms with Gasteiger partial charge in [-0.3, -0.25) is 9.48 Å². The standard InChI is InChI=1S/C13H15BrN4O/c1-8(2)12-10(7-18(3)17-12)16-13(19)9-4-5-15-11(14)6-9/h4-8H,1-3H3,(H,16,19). The summed E-state index contributed by atoms with van der Waals surface area (Å²) in [7, 11) is 1.84. The Kier molecular flexibility index (Phi) is 3.99. The van der Waals surface area contributed by atoms with Crippen LogP contribution >= 0.6 is 15.9 Å². The summed E-state index contributed by atoms with van der Waals surface area (Å²) in [6.07, 6.45) is 3.40. The SMILES string of the molecule is CC(C)c1nn(C)cc1NC(=O)c1ccnc(Br)c1. The number of hydrogen-bond acceptors (Lipinski definition) is 3. The molecule has 0 saturated heterocycles. The van der Waals surface area contributed by atoms with Crippen molar-refractivity contribution in [2.24, 2.45) is 7.05 Å². The van der Waals surface area contributed by atoms with Gasteiger partial charge in [0.15, 0.2) is 0 Å². The lowest BCUT2D eigenvalue weighted by molar-refractivity contribution is 0.102. The first-order chi connectivity index (χ1) is 8.97. The van der Waals surface area contributed by atoms with E-state index < -0.39 is 0 Å². The fourth-order valence-electron chi connectivity index (χ4n) is 1.77. The normalized spacial score (nSPS) is 10.8. The summed E-state index contributed by atoms with van der Waals surface area (Å²) in [6.45, 7) is 4.09. The van der Waals surface area contributed by atoms with E-state index in [9.17, 15) is 4.79 Å². The van der Waals surface area contributed by atoms with Crippen molar-refractivity contribution in [3.8, 4) is 0 Å². The van der Waals surface area contributed by atoms with E-state index in [0.717, 1.165) is 11.4 Å². The number of carbonyl (C=O) groups excluding carboxylic acids is 1. The molecular weight excluding hydrogens is 308 g/mol. The average molecular weight is 323 g/mol. The molecule has 0 atom stereocenters. The number of pyridine rings is 1. The first kappa shape index (κ1) is 13.7. The first-order valence-corrected chi connectivity index (χ1v) is 6.73. The number of aryl methyl sites for hydroxylation is 1. The van der Waals surface area contributed by atoms with E-state index in [2.05, 4.69) is 31.3 Å². The maximum absolute atomic E-state index is 12.2. The van der Waals surface area contributed by atoms with Gasteiger partial charge in [-0.15, -0.1) is 0 Å². The largest absolute Gasteiger partial charge is 0.319 e. The van der Waals surface area contributed by atoms with Crippen molar-refractivity contribution < 1.29 is 4.79 Å². The summed E-state index contributed by atoms with van der Waals surface area (Å²) < 4.78 is 2.34. The van der Waals surface area contributed by atoms with E-state index in [4.69, 9.17) is 0 Å². The molecule has 0 aliphatic rings. The number of halogens is 1. The molecule has 1 amide bonds. The molecule has 0 saturated carbocycles. The van der Waals surface area contributed by atoms with Crippen LogP contribution in [0, 0.1) is 0 Å². The van der Waals surface area contributed by atoms with Gasteiger partial charge in [-0.25, -0.2) is 4.98 Å². The summed E-state index contributed by atoms with van der Waals surface area (Å²) in [5.41, 5.74) is 2.18. The van der Waals surface area contributed by atoms with Gasteiger partial charge in [0.25, 0.3) is 5.91 Å². The van der Waals surface area contributed by atoms with Gasteiger partial charge < -0.3 is 5.32 Å². The van der Waals surface area contributed by atoms with Crippen LogP contribution in [0.25, 0.3) is 0 Å². The molecule has 0 bridgehead atoms. The fourth-order valence-corrected chi connectivity index (χ4v) is 2.13. The zero-order valence-electron chi connectivity index (χ0n) is 11.0. The number of aromatic nitrogens is 3. The summed E-state index contributed by atoms with van der Waals surface area (Å²) >= 11 is 3.25. The molecule has 5 nitrogen and oxygen atoms in total. The lowest BCUT2D eigenvalue weighted by Crippen LogP contribution is -2.13. The molecule has 0 spiro atoms. The molecule has 100 valence electrons. The Labute approximate surface area is 120 Å². The van der Waals surface area contributed by atoms with E-state index in [1.165, 1.54) is 0 Å². The Bertz CT molecular complexity index is 606. The zero-order valence-corrected chi connectivity index (χ0v) is 12.6. The smallest absolute Gasteiger partial charge is 0.255 e. The van der Waals surface area contributed by atoms with Crippen LogP contribution in [0.1, 0.15) is 35.8 Å². The van der Waals surface area contributed by atoms with Crippen LogP contribution in [0.15, 0.2) is 29.1 Å². The van der Waals surface area contributed by atoms with Gasteiger partial charge in [0.05, 0.1) is 11.4 Å². The fraction of sp³-hybridized carbons (Fsp3) is 0.308. The van der Waals surface area contributed by atoms with Crippen LogP contribution in [0.2, 0.25) is 0 Å². The molecule has 2 aromatic heterocycles. The molecule has 0 aliphatic heterocycles. The Morgan fingerprint density at radius 1 is 1.47 bits per heavy atom. The number of hydrogen-bond donors (Lipinski definition) is 1. The molecule has 0 fully saturated rings. The van der Waals surface area contributed by atoms with E-state index >= 15 is 0 Å². The third-order valence-corrected chi connectivity index (χ3v) is 3.07. The summed E-state index contributed by atoms with van der Waals surface area (Å²) in [5, 5.41) is 7.24. The molecule has 2 heterocycles. The van der Waals surface area contributed by atoms with Crippen molar-refractivity contribution in [2.45, 2.75) is 19.8 Å². The molecule has 19 heavy (non-hydrogen) atoms. The highest BCUT2D eigenvalue weighted by Crippen LogP contribution is 2.22. The zero-order chi connectivity index (χ0) is 14.0. The minimum absolute atomic E-state index is 0.169. The quantitative estimate of drug-likeness (QED) is 0.884. The number of nitrogens with zero attached hydrogens (tertiary/aromatic N) is 3. The molecular formula is C13H15BrN4O. The van der Waals surface area contributed by atoms with E-state index in [0.29, 0.717) is 10.2 Å². The van der Waals surface area contributed by atoms with Crippen LogP contribution in [0.4, 0.5) is 5.69 Å². The molecule has 2 rings (SSSR count). The van der Waals surface area contributed by atoms with E-state index in [1.54, 1.807) is 23.0 Å². The van der Waals surface area contributed by atoms with Crippen LogP contribution in [-0.4, -0.2) is 20.7 Å². The van der Waals surface area contributed by atoms with Crippen molar-refractivity contribution in [1.82, 2.24) is 14.8 Å². The second kappa shape index (κ2) is 5.52. The average Bonchev–Trinajstić information content (AvgIpc) is 2.70. The minimum atomic E-state index is -0.169. The van der Waals surface area contributed by atoms with Gasteiger partial charge in [0.1, 0.15) is 4.60 Å². The van der Waals surface area contributed by atoms with Gasteiger partial charge in [-0.2, -0.15) is 5.10 Å². The topological polar surface area (TPSA) is 59.8 Å². The van der Waals surface area contributed by atoms with Crippen molar-refractivity contribution >= 4 is 27.5 Å². The number of amides is 1. The maximum Gasteiger partial charge on any atom is 0.255 e. The number of nitrogens with one attached hydrogen (secondary N) is 1. The van der Waals surface area contributed by atoms with Gasteiger partial charge in [-0.05, 0) is 34.0 Å². The van der Waals surface area contributed by atoms with Crippen LogP contribution in [0.3, 0.4) is 0 Å². The second-order valence-electron chi connectivity index (χ2n) is 4.58. The van der Waals surface area contributed by atoms with Gasteiger partial charge in [0.2, 0.25) is 0 Å². The Morgan fingerprint density at radius 2 is 2.21 bits per heavy atom. The predicted octanol–water partition coefficient (Wildman–Crippen LogP) is 2.95. The summed E-state index contributed by atoms with van der Waals surface area (Å²) in [5.74, 6) is 0.0821. The lowest BCUT2D eigenvalue weighted by Gasteiger charge is -2.07. The Balaban J connectivity index is 2.24. The first-order valence-electron chi connectivity index (χ1n) is 5.94. The number of anilines is 1. The van der Waals surface area contributed by atoms with Gasteiger partial charge >= 0.3 is 0 Å². The van der Waals surface area contributed by atoms with Crippen molar-refractivity contribution in [3.05, 3.63) is 40.4 Å². The lowest BCUT2D eigenvalue weighted by atomic mass is 10.1. The monoisotopic (exact) mass is 322 g/mol. The third kappa shape index (κ3) is 3.20. The van der Waals surface area contributed by atoms with E-state index in [-0.39, 0.29) is 11.8 Å². The van der Waals surface area contributed by atoms with Crippen molar-refractivity contribution in [2.75, 3.05) is 5.32 Å². The highest BCUT2D eigenvalue weighted by molar-refractivity contribution is 9.10. The second-order valence-corrected chi connectivity index (χ2v) is 5.39. The summed E-state index contributed by atoms with van der Waals surface area (Å²) in [4.78, 5) is 16.2. The van der Waals surface area contributed by atoms with Crippen LogP contribution in [-0.2, 0) is 7.05 Å². The molecule has 0 aliphatic carbocycles.